The second-order valence-corrected chi connectivity index (χ2v) is 5.83. The molecule has 1 aliphatic rings. The average molecular weight is 251 g/mol. The van der Waals surface area contributed by atoms with Crippen molar-refractivity contribution in [2.45, 2.75) is 24.3 Å². The molecule has 0 radical (unpaired) electrons. The molecule has 1 aromatic rings. The quantitative estimate of drug-likeness (QED) is 0.869. The summed E-state index contributed by atoms with van der Waals surface area (Å²) >= 11 is 1.97. The molecule has 3 heteroatoms. The predicted octanol–water partition coefficient (Wildman–Crippen LogP) is 3.10. The van der Waals surface area contributed by atoms with Gasteiger partial charge in [-0.1, -0.05) is 25.1 Å². The lowest BCUT2D eigenvalue weighted by atomic mass is 10.0. The lowest BCUT2D eigenvalue weighted by Crippen LogP contribution is -2.30. The Balaban J connectivity index is 1.94. The van der Waals surface area contributed by atoms with E-state index in [9.17, 15) is 0 Å². The van der Waals surface area contributed by atoms with Gasteiger partial charge in [-0.2, -0.15) is 0 Å². The first kappa shape index (κ1) is 12.9. The third-order valence-corrected chi connectivity index (χ3v) is 4.25. The molecule has 2 nitrogen and oxygen atoms in total. The molecule has 2 atom stereocenters. The molecule has 0 amide bonds. The highest BCUT2D eigenvalue weighted by Gasteiger charge is 2.19. The maximum absolute atomic E-state index is 5.17. The Hall–Kier alpha value is -0.510. The molecule has 0 aliphatic carbocycles. The van der Waals surface area contributed by atoms with Crippen LogP contribution in [0.15, 0.2) is 29.2 Å². The topological polar surface area (TPSA) is 21.3 Å². The molecule has 0 bridgehead atoms. The van der Waals surface area contributed by atoms with E-state index < -0.39 is 0 Å². The van der Waals surface area contributed by atoms with Crippen molar-refractivity contribution in [2.24, 2.45) is 5.92 Å². The van der Waals surface area contributed by atoms with Gasteiger partial charge >= 0.3 is 0 Å². The SMILES string of the molecule is COCC(C)CNC1CCSc2ccccc21. The summed E-state index contributed by atoms with van der Waals surface area (Å²) < 4.78 is 5.17. The Morgan fingerprint density at radius 1 is 1.47 bits per heavy atom. The number of benzene rings is 1. The van der Waals surface area contributed by atoms with Gasteiger partial charge in [-0.3, -0.25) is 0 Å². The van der Waals surface area contributed by atoms with Crippen molar-refractivity contribution in [1.82, 2.24) is 5.32 Å². The second kappa shape index (κ2) is 6.43. The van der Waals surface area contributed by atoms with Gasteiger partial charge < -0.3 is 10.1 Å². The fourth-order valence-corrected chi connectivity index (χ4v) is 3.37. The number of methoxy groups -OCH3 is 1. The molecular formula is C14H21NOS. The van der Waals surface area contributed by atoms with E-state index in [2.05, 4.69) is 36.5 Å². The number of ether oxygens (including phenoxy) is 1. The fourth-order valence-electron chi connectivity index (χ4n) is 2.24. The second-order valence-electron chi connectivity index (χ2n) is 4.70. The first-order chi connectivity index (χ1) is 8.31. The summed E-state index contributed by atoms with van der Waals surface area (Å²) in [6, 6.07) is 9.26. The Kier molecular flexibility index (Phi) is 4.89. The first-order valence-electron chi connectivity index (χ1n) is 6.25. The fraction of sp³-hybridized carbons (Fsp3) is 0.571. The zero-order valence-electron chi connectivity index (χ0n) is 10.6. The lowest BCUT2D eigenvalue weighted by molar-refractivity contribution is 0.156. The molecule has 2 unspecified atom stereocenters. The lowest BCUT2D eigenvalue weighted by Gasteiger charge is -2.27. The van der Waals surface area contributed by atoms with Crippen molar-refractivity contribution in [2.75, 3.05) is 26.0 Å². The highest BCUT2D eigenvalue weighted by Crippen LogP contribution is 2.35. The molecule has 1 aromatic carbocycles. The van der Waals surface area contributed by atoms with Crippen LogP contribution in [0.2, 0.25) is 0 Å². The molecule has 94 valence electrons. The molecule has 0 saturated heterocycles. The highest BCUT2D eigenvalue weighted by molar-refractivity contribution is 7.99. The van der Waals surface area contributed by atoms with Crippen LogP contribution in [0.5, 0.6) is 0 Å². The highest BCUT2D eigenvalue weighted by atomic mass is 32.2. The molecule has 0 aromatic heterocycles. The van der Waals surface area contributed by atoms with Crippen molar-refractivity contribution < 1.29 is 4.74 Å². The van der Waals surface area contributed by atoms with Crippen LogP contribution in [-0.2, 0) is 4.74 Å². The van der Waals surface area contributed by atoms with Crippen molar-refractivity contribution in [3.05, 3.63) is 29.8 Å². The predicted molar refractivity (Wildman–Crippen MR) is 73.6 cm³/mol. The van der Waals surface area contributed by atoms with Gasteiger partial charge in [-0.15, -0.1) is 11.8 Å². The van der Waals surface area contributed by atoms with Crippen molar-refractivity contribution in [3.63, 3.8) is 0 Å². The van der Waals surface area contributed by atoms with Gasteiger partial charge in [0.1, 0.15) is 0 Å². The number of hydrogen-bond donors (Lipinski definition) is 1. The molecule has 0 saturated carbocycles. The minimum atomic E-state index is 0.520. The molecule has 1 N–H and O–H groups in total. The van der Waals surface area contributed by atoms with Gasteiger partial charge in [0.2, 0.25) is 0 Å². The summed E-state index contributed by atoms with van der Waals surface area (Å²) in [5.74, 6) is 1.79. The van der Waals surface area contributed by atoms with E-state index in [1.807, 2.05) is 11.8 Å². The number of hydrogen-bond acceptors (Lipinski definition) is 3. The molecule has 1 heterocycles. The number of thioether (sulfide) groups is 1. The van der Waals surface area contributed by atoms with Crippen LogP contribution in [-0.4, -0.2) is 26.0 Å². The Bertz CT molecular complexity index is 356. The minimum absolute atomic E-state index is 0.520. The Morgan fingerprint density at radius 3 is 3.12 bits per heavy atom. The van der Waals surface area contributed by atoms with E-state index in [0.29, 0.717) is 12.0 Å². The standard InChI is InChI=1S/C14H21NOS/c1-11(10-16-2)9-15-13-7-8-17-14-6-4-3-5-12(13)14/h3-6,11,13,15H,7-10H2,1-2H3. The molecule has 17 heavy (non-hydrogen) atoms. The van der Waals surface area contributed by atoms with Crippen LogP contribution >= 0.6 is 11.8 Å². The van der Waals surface area contributed by atoms with Crippen LogP contribution in [0.4, 0.5) is 0 Å². The summed E-state index contributed by atoms with van der Waals surface area (Å²) in [7, 11) is 1.77. The summed E-state index contributed by atoms with van der Waals surface area (Å²) in [5, 5.41) is 3.67. The van der Waals surface area contributed by atoms with E-state index in [1.165, 1.54) is 22.6 Å². The Labute approximate surface area is 108 Å². The van der Waals surface area contributed by atoms with E-state index in [1.54, 1.807) is 7.11 Å². The zero-order valence-corrected chi connectivity index (χ0v) is 11.4. The van der Waals surface area contributed by atoms with Crippen LogP contribution in [0.3, 0.4) is 0 Å². The monoisotopic (exact) mass is 251 g/mol. The molecule has 0 fully saturated rings. The number of rotatable bonds is 5. The van der Waals surface area contributed by atoms with E-state index >= 15 is 0 Å². The Morgan fingerprint density at radius 2 is 2.29 bits per heavy atom. The smallest absolute Gasteiger partial charge is 0.0499 e. The molecule has 2 rings (SSSR count). The molecule has 1 aliphatic heterocycles. The average Bonchev–Trinajstić information content (AvgIpc) is 2.36. The van der Waals surface area contributed by atoms with E-state index in [0.717, 1.165) is 13.2 Å². The van der Waals surface area contributed by atoms with E-state index in [4.69, 9.17) is 4.74 Å². The van der Waals surface area contributed by atoms with Crippen LogP contribution in [0.25, 0.3) is 0 Å². The van der Waals surface area contributed by atoms with Crippen molar-refractivity contribution >= 4 is 11.8 Å². The summed E-state index contributed by atoms with van der Waals surface area (Å²) in [6.45, 7) is 4.08. The first-order valence-corrected chi connectivity index (χ1v) is 7.24. The van der Waals surface area contributed by atoms with Crippen molar-refractivity contribution in [3.8, 4) is 0 Å². The summed E-state index contributed by atoms with van der Waals surface area (Å²) in [6.07, 6.45) is 1.22. The molecular weight excluding hydrogens is 230 g/mol. The summed E-state index contributed by atoms with van der Waals surface area (Å²) in [5.41, 5.74) is 1.47. The molecule has 0 spiro atoms. The third kappa shape index (κ3) is 3.47. The maximum atomic E-state index is 5.17. The van der Waals surface area contributed by atoms with E-state index in [-0.39, 0.29) is 0 Å². The van der Waals surface area contributed by atoms with Gasteiger partial charge in [0.15, 0.2) is 0 Å². The van der Waals surface area contributed by atoms with Gasteiger partial charge in [-0.05, 0) is 29.7 Å². The maximum Gasteiger partial charge on any atom is 0.0499 e. The van der Waals surface area contributed by atoms with Gasteiger partial charge in [0, 0.05) is 31.2 Å². The third-order valence-electron chi connectivity index (χ3n) is 3.12. The van der Waals surface area contributed by atoms with Gasteiger partial charge in [0.25, 0.3) is 0 Å². The summed E-state index contributed by atoms with van der Waals surface area (Å²) in [4.78, 5) is 1.44. The van der Waals surface area contributed by atoms with Crippen LogP contribution in [0.1, 0.15) is 24.9 Å². The van der Waals surface area contributed by atoms with Crippen LogP contribution < -0.4 is 5.32 Å². The number of fused-ring (bicyclic) bond motifs is 1. The largest absolute Gasteiger partial charge is 0.384 e. The van der Waals surface area contributed by atoms with Gasteiger partial charge in [0.05, 0.1) is 0 Å². The minimum Gasteiger partial charge on any atom is -0.384 e. The zero-order chi connectivity index (χ0) is 12.1. The van der Waals surface area contributed by atoms with Gasteiger partial charge in [-0.25, -0.2) is 0 Å². The number of nitrogens with one attached hydrogen (secondary N) is 1. The van der Waals surface area contributed by atoms with Crippen molar-refractivity contribution in [1.29, 1.82) is 0 Å². The van der Waals surface area contributed by atoms with Crippen LogP contribution in [0, 0.1) is 5.92 Å². The normalized spacial score (nSPS) is 20.9.